The van der Waals surface area contributed by atoms with Crippen LogP contribution in [0.1, 0.15) is 23.9 Å². The van der Waals surface area contributed by atoms with Gasteiger partial charge in [-0.15, -0.1) is 11.3 Å². The maximum absolute atomic E-state index is 6.08. The van der Waals surface area contributed by atoms with Crippen LogP contribution in [0, 0.1) is 0 Å². The van der Waals surface area contributed by atoms with E-state index in [1.54, 1.807) is 11.3 Å². The second-order valence-electron chi connectivity index (χ2n) is 4.73. The summed E-state index contributed by atoms with van der Waals surface area (Å²) in [5, 5.41) is 7.99. The molecule has 0 fully saturated rings. The molecule has 108 valence electrons. The van der Waals surface area contributed by atoms with Gasteiger partial charge in [0.1, 0.15) is 0 Å². The molecule has 0 aliphatic carbocycles. The first-order valence-corrected chi connectivity index (χ1v) is 8.38. The molecule has 2 nitrogen and oxygen atoms in total. The zero-order valence-corrected chi connectivity index (χ0v) is 13.7. The van der Waals surface area contributed by atoms with Gasteiger partial charge in [0.2, 0.25) is 0 Å². The van der Waals surface area contributed by atoms with Crippen molar-refractivity contribution in [2.24, 2.45) is 0 Å². The lowest BCUT2D eigenvalue weighted by atomic mass is 10.0. The predicted octanol–water partition coefficient (Wildman–Crippen LogP) is 4.60. The highest BCUT2D eigenvalue weighted by atomic mass is 35.5. The van der Waals surface area contributed by atoms with Gasteiger partial charge in [0.05, 0.1) is 15.1 Å². The Morgan fingerprint density at radius 3 is 2.75 bits per heavy atom. The number of nitrogens with zero attached hydrogens (tertiary/aromatic N) is 1. The van der Waals surface area contributed by atoms with Crippen LogP contribution in [0.4, 0.5) is 0 Å². The molecule has 0 aliphatic rings. The highest BCUT2D eigenvalue weighted by Gasteiger charge is 2.12. The molecule has 1 aromatic carbocycles. The van der Waals surface area contributed by atoms with Gasteiger partial charge in [-0.05, 0) is 37.1 Å². The Bertz CT molecular complexity index is 529. The van der Waals surface area contributed by atoms with Crippen molar-refractivity contribution in [3.05, 3.63) is 50.4 Å². The van der Waals surface area contributed by atoms with Gasteiger partial charge in [0, 0.05) is 24.0 Å². The Morgan fingerprint density at radius 2 is 2.10 bits per heavy atom. The molecule has 20 heavy (non-hydrogen) atoms. The van der Waals surface area contributed by atoms with Gasteiger partial charge >= 0.3 is 0 Å². The van der Waals surface area contributed by atoms with Gasteiger partial charge in [-0.2, -0.15) is 0 Å². The first kappa shape index (κ1) is 15.8. The summed E-state index contributed by atoms with van der Waals surface area (Å²) in [6, 6.07) is 6.22. The van der Waals surface area contributed by atoms with Crippen LogP contribution in [0.3, 0.4) is 0 Å². The van der Waals surface area contributed by atoms with E-state index in [9.17, 15) is 0 Å². The normalized spacial score (nSPS) is 12.6. The molecule has 2 aromatic rings. The van der Waals surface area contributed by atoms with Crippen LogP contribution >= 0.6 is 34.5 Å². The molecule has 1 unspecified atom stereocenters. The van der Waals surface area contributed by atoms with Crippen LogP contribution in [0.15, 0.2) is 29.8 Å². The Kier molecular flexibility index (Phi) is 6.30. The lowest BCUT2D eigenvalue weighted by Gasteiger charge is -2.18. The highest BCUT2D eigenvalue weighted by Crippen LogP contribution is 2.23. The zero-order valence-electron chi connectivity index (χ0n) is 11.4. The Morgan fingerprint density at radius 1 is 1.25 bits per heavy atom. The SMILES string of the molecule is CCCNC(Cc1ccc(Cl)c(Cl)c1)Cc1nccs1. The Labute approximate surface area is 134 Å². The van der Waals surface area contributed by atoms with E-state index in [1.807, 2.05) is 29.8 Å². The van der Waals surface area contributed by atoms with Crippen molar-refractivity contribution >= 4 is 34.5 Å². The third kappa shape index (κ3) is 4.74. The molecule has 0 bridgehead atoms. The average Bonchev–Trinajstić information content (AvgIpc) is 2.93. The summed E-state index contributed by atoms with van der Waals surface area (Å²) in [5.74, 6) is 0. The molecule has 1 heterocycles. The smallest absolute Gasteiger partial charge is 0.0940 e. The number of rotatable bonds is 7. The Hall–Kier alpha value is -0.610. The number of halogens is 2. The minimum absolute atomic E-state index is 0.373. The maximum Gasteiger partial charge on any atom is 0.0940 e. The summed E-state index contributed by atoms with van der Waals surface area (Å²) < 4.78 is 0. The fourth-order valence-corrected chi connectivity index (χ4v) is 3.10. The van der Waals surface area contributed by atoms with E-state index in [1.165, 1.54) is 10.6 Å². The molecule has 0 saturated heterocycles. The third-order valence-corrected chi connectivity index (χ3v) is 4.59. The van der Waals surface area contributed by atoms with Crippen LogP contribution in [0.25, 0.3) is 0 Å². The first-order valence-electron chi connectivity index (χ1n) is 6.74. The van der Waals surface area contributed by atoms with Crippen LogP contribution in [0.5, 0.6) is 0 Å². The number of benzene rings is 1. The second-order valence-corrected chi connectivity index (χ2v) is 6.53. The lowest BCUT2D eigenvalue weighted by Crippen LogP contribution is -2.33. The molecule has 0 amide bonds. The van der Waals surface area contributed by atoms with Crippen molar-refractivity contribution in [1.82, 2.24) is 10.3 Å². The fourth-order valence-electron chi connectivity index (χ4n) is 2.08. The molecule has 1 aromatic heterocycles. The molecule has 1 atom stereocenters. The van der Waals surface area contributed by atoms with E-state index in [0.717, 1.165) is 25.8 Å². The first-order chi connectivity index (χ1) is 9.69. The van der Waals surface area contributed by atoms with Crippen molar-refractivity contribution in [2.45, 2.75) is 32.2 Å². The second kappa shape index (κ2) is 7.99. The molecule has 0 aliphatic heterocycles. The molecule has 1 N–H and O–H groups in total. The number of nitrogens with one attached hydrogen (secondary N) is 1. The van der Waals surface area contributed by atoms with Crippen molar-refractivity contribution in [3.8, 4) is 0 Å². The summed E-state index contributed by atoms with van der Waals surface area (Å²) in [6.07, 6.45) is 4.85. The Balaban J connectivity index is 2.04. The van der Waals surface area contributed by atoms with Crippen LogP contribution in [0.2, 0.25) is 10.0 Å². The van der Waals surface area contributed by atoms with E-state index in [0.29, 0.717) is 16.1 Å². The number of hydrogen-bond donors (Lipinski definition) is 1. The van der Waals surface area contributed by atoms with Crippen molar-refractivity contribution in [1.29, 1.82) is 0 Å². The summed E-state index contributed by atoms with van der Waals surface area (Å²) in [4.78, 5) is 4.37. The van der Waals surface area contributed by atoms with E-state index in [2.05, 4.69) is 17.2 Å². The topological polar surface area (TPSA) is 24.9 Å². The van der Waals surface area contributed by atoms with Gasteiger partial charge < -0.3 is 5.32 Å². The maximum atomic E-state index is 6.08. The van der Waals surface area contributed by atoms with Crippen LogP contribution in [-0.4, -0.2) is 17.6 Å². The summed E-state index contributed by atoms with van der Waals surface area (Å²) in [6.45, 7) is 3.18. The standard InChI is InChI=1S/C15H18Cl2N2S/c1-2-5-18-12(10-15-19-6-7-20-15)8-11-3-4-13(16)14(17)9-11/h3-4,6-7,9,12,18H,2,5,8,10H2,1H3. The van der Waals surface area contributed by atoms with E-state index in [4.69, 9.17) is 23.2 Å². The minimum Gasteiger partial charge on any atom is -0.313 e. The number of hydrogen-bond acceptors (Lipinski definition) is 3. The van der Waals surface area contributed by atoms with Crippen LogP contribution < -0.4 is 5.32 Å². The molecule has 0 radical (unpaired) electrons. The van der Waals surface area contributed by atoms with Crippen molar-refractivity contribution < 1.29 is 0 Å². The summed E-state index contributed by atoms with van der Waals surface area (Å²) in [7, 11) is 0. The summed E-state index contributed by atoms with van der Waals surface area (Å²) in [5.41, 5.74) is 1.20. The van der Waals surface area contributed by atoms with Gasteiger partial charge in [-0.1, -0.05) is 36.2 Å². The molecule has 0 spiro atoms. The number of thiazole rings is 1. The number of aromatic nitrogens is 1. The van der Waals surface area contributed by atoms with Gasteiger partial charge in [-0.3, -0.25) is 0 Å². The monoisotopic (exact) mass is 328 g/mol. The fraction of sp³-hybridized carbons (Fsp3) is 0.400. The van der Waals surface area contributed by atoms with Gasteiger partial charge in [0.15, 0.2) is 0 Å². The molecular formula is C15H18Cl2N2S. The predicted molar refractivity (Wildman–Crippen MR) is 88.1 cm³/mol. The van der Waals surface area contributed by atoms with E-state index in [-0.39, 0.29) is 0 Å². The van der Waals surface area contributed by atoms with Gasteiger partial charge in [-0.25, -0.2) is 4.98 Å². The summed E-state index contributed by atoms with van der Waals surface area (Å²) >= 11 is 13.7. The minimum atomic E-state index is 0.373. The quantitative estimate of drug-likeness (QED) is 0.803. The average molecular weight is 329 g/mol. The van der Waals surface area contributed by atoms with Crippen LogP contribution in [-0.2, 0) is 12.8 Å². The van der Waals surface area contributed by atoms with Gasteiger partial charge in [0.25, 0.3) is 0 Å². The lowest BCUT2D eigenvalue weighted by molar-refractivity contribution is 0.504. The largest absolute Gasteiger partial charge is 0.313 e. The van der Waals surface area contributed by atoms with Crippen molar-refractivity contribution in [2.75, 3.05) is 6.54 Å². The van der Waals surface area contributed by atoms with Crippen molar-refractivity contribution in [3.63, 3.8) is 0 Å². The molecular weight excluding hydrogens is 311 g/mol. The van der Waals surface area contributed by atoms with E-state index >= 15 is 0 Å². The highest BCUT2D eigenvalue weighted by molar-refractivity contribution is 7.09. The zero-order chi connectivity index (χ0) is 14.4. The molecule has 2 rings (SSSR count). The molecule has 5 heteroatoms. The third-order valence-electron chi connectivity index (χ3n) is 3.05. The molecule has 0 saturated carbocycles. The van der Waals surface area contributed by atoms with E-state index < -0.39 is 0 Å².